The van der Waals surface area contributed by atoms with Gasteiger partial charge >= 0.3 is 5.69 Å². The Labute approximate surface area is 316 Å². The van der Waals surface area contributed by atoms with Gasteiger partial charge in [-0.05, 0) is 72.5 Å². The number of para-hydroxylation sites is 1. The van der Waals surface area contributed by atoms with Gasteiger partial charge in [0.1, 0.15) is 5.56 Å². The molecule has 1 aliphatic rings. The minimum absolute atomic E-state index is 0.0541. The predicted octanol–water partition coefficient (Wildman–Crippen LogP) is 7.57. The summed E-state index contributed by atoms with van der Waals surface area (Å²) in [5, 5.41) is 13.8. The van der Waals surface area contributed by atoms with Gasteiger partial charge in [-0.15, -0.1) is 0 Å². The molecule has 0 saturated heterocycles. The number of carbonyl (C=O) groups excluding carboxylic acids is 1. The van der Waals surface area contributed by atoms with Crippen LogP contribution in [-0.4, -0.2) is 48.4 Å². The average Bonchev–Trinajstić information content (AvgIpc) is 3.47. The number of nitrogens with zero attached hydrogens (tertiary/aromatic N) is 5. The summed E-state index contributed by atoms with van der Waals surface area (Å²) < 4.78 is 4.20. The Morgan fingerprint density at radius 2 is 1.50 bits per heavy atom. The molecule has 0 bridgehead atoms. The minimum Gasteiger partial charge on any atom is -0.494 e. The van der Waals surface area contributed by atoms with Crippen molar-refractivity contribution < 1.29 is 9.90 Å². The Morgan fingerprint density at radius 3 is 2.30 bits per heavy atom. The zero-order chi connectivity index (χ0) is 37.7. The first-order valence-corrected chi connectivity index (χ1v) is 18.2. The highest BCUT2D eigenvalue weighted by Crippen LogP contribution is 2.44. The lowest BCUT2D eigenvalue weighted by Gasteiger charge is -2.42. The number of aromatic nitrogens is 3. The van der Waals surface area contributed by atoms with Crippen LogP contribution in [0.15, 0.2) is 136 Å². The second-order valence-corrected chi connectivity index (χ2v) is 14.2. The van der Waals surface area contributed by atoms with Gasteiger partial charge in [-0.1, -0.05) is 90.5 Å². The van der Waals surface area contributed by atoms with Crippen molar-refractivity contribution in [3.05, 3.63) is 175 Å². The lowest BCUT2D eigenvalue weighted by atomic mass is 9.79. The Kier molecular flexibility index (Phi) is 9.03. The second-order valence-electron chi connectivity index (χ2n) is 13.8. The highest BCUT2D eigenvalue weighted by molar-refractivity contribution is 6.30. The molecule has 8 rings (SSSR count). The topological polar surface area (TPSA) is 102 Å². The van der Waals surface area contributed by atoms with E-state index in [9.17, 15) is 19.5 Å². The van der Waals surface area contributed by atoms with Gasteiger partial charge in [-0.2, -0.15) is 0 Å². The number of amides is 1. The molecule has 7 aromatic rings. The molecule has 2 aromatic heterocycles. The molecule has 0 spiro atoms. The highest BCUT2D eigenvalue weighted by Gasteiger charge is 2.40. The molecular formula is C44H38ClN5O4. The molecule has 270 valence electrons. The van der Waals surface area contributed by atoms with Gasteiger partial charge < -0.3 is 14.6 Å². The van der Waals surface area contributed by atoms with Gasteiger partial charge in [0, 0.05) is 71.2 Å². The van der Waals surface area contributed by atoms with Crippen molar-refractivity contribution in [2.24, 2.45) is 19.1 Å². The van der Waals surface area contributed by atoms with Crippen LogP contribution in [0.1, 0.15) is 51.5 Å². The summed E-state index contributed by atoms with van der Waals surface area (Å²) in [5.41, 5.74) is 4.80. The highest BCUT2D eigenvalue weighted by atomic mass is 35.5. The summed E-state index contributed by atoms with van der Waals surface area (Å²) >= 11 is 6.23. The van der Waals surface area contributed by atoms with Crippen LogP contribution >= 0.6 is 11.6 Å². The molecule has 1 aliphatic heterocycles. The standard InChI is InChI=1S/C44H38ClN5O4/c1-27(39-42(52)48(3)44(54)50(43(39)53)31-15-11-14-30(45)25-31)46-26-36-32-16-7-8-18-34(32)41(51)49(23-22-28-12-5-4-6-13-28)40(36)29-20-21-38-35(24-29)33-17-9-10-19-37(33)47(38)2/h4-21,24-25,36,40,52H,22-23,26H2,1-3H3/t36-,40+/m0/s1. The zero-order valence-corrected chi connectivity index (χ0v) is 30.9. The molecule has 54 heavy (non-hydrogen) atoms. The van der Waals surface area contributed by atoms with E-state index in [2.05, 4.69) is 54.1 Å². The molecule has 0 fully saturated rings. The van der Waals surface area contributed by atoms with Crippen LogP contribution in [-0.2, 0) is 20.5 Å². The number of aromatic hydroxyl groups is 1. The first-order valence-electron chi connectivity index (χ1n) is 17.9. The van der Waals surface area contributed by atoms with E-state index in [0.717, 1.165) is 47.6 Å². The van der Waals surface area contributed by atoms with E-state index >= 15 is 0 Å². The fourth-order valence-electron chi connectivity index (χ4n) is 7.97. The van der Waals surface area contributed by atoms with Crippen molar-refractivity contribution in [1.29, 1.82) is 0 Å². The van der Waals surface area contributed by atoms with Gasteiger partial charge in [0.05, 0.1) is 11.7 Å². The summed E-state index contributed by atoms with van der Waals surface area (Å²) in [7, 11) is 3.47. The molecule has 0 saturated carbocycles. The summed E-state index contributed by atoms with van der Waals surface area (Å²) in [6.07, 6.45) is 0.658. The zero-order valence-electron chi connectivity index (χ0n) is 30.1. The molecule has 1 N–H and O–H groups in total. The van der Waals surface area contributed by atoms with Crippen molar-refractivity contribution in [2.75, 3.05) is 13.1 Å². The molecular weight excluding hydrogens is 698 g/mol. The largest absolute Gasteiger partial charge is 0.494 e. The van der Waals surface area contributed by atoms with E-state index in [1.54, 1.807) is 25.1 Å². The maximum atomic E-state index is 14.5. The normalized spacial score (nSPS) is 16.0. The third-order valence-corrected chi connectivity index (χ3v) is 11.0. The first kappa shape index (κ1) is 34.9. The number of aryl methyl sites for hydroxylation is 1. The molecule has 9 nitrogen and oxygen atoms in total. The quantitative estimate of drug-likeness (QED) is 0.163. The van der Waals surface area contributed by atoms with Crippen molar-refractivity contribution in [3.63, 3.8) is 0 Å². The SMILES string of the molecule is CC(=NC[C@H]1c2ccccc2C(=O)N(CCc2ccccc2)[C@@H]1c1ccc2c(c1)c1ccccc1n2C)c1c(O)n(C)c(=O)n(-c2cccc(Cl)c2)c1=O. The van der Waals surface area contributed by atoms with Crippen LogP contribution in [0.3, 0.4) is 0 Å². The van der Waals surface area contributed by atoms with E-state index in [4.69, 9.17) is 16.6 Å². The number of hydrogen-bond acceptors (Lipinski definition) is 5. The van der Waals surface area contributed by atoms with Crippen LogP contribution < -0.4 is 11.2 Å². The van der Waals surface area contributed by atoms with Crippen LogP contribution in [0.5, 0.6) is 5.88 Å². The van der Waals surface area contributed by atoms with Gasteiger partial charge in [-0.25, -0.2) is 9.36 Å². The van der Waals surface area contributed by atoms with Crippen molar-refractivity contribution in [3.8, 4) is 11.6 Å². The van der Waals surface area contributed by atoms with Crippen LogP contribution in [0.4, 0.5) is 0 Å². The fourth-order valence-corrected chi connectivity index (χ4v) is 8.16. The summed E-state index contributed by atoms with van der Waals surface area (Å²) in [4.78, 5) is 48.8. The van der Waals surface area contributed by atoms with Gasteiger partial charge in [0.15, 0.2) is 0 Å². The Hall–Kier alpha value is -6.19. The lowest BCUT2D eigenvalue weighted by Crippen LogP contribution is -2.44. The monoisotopic (exact) mass is 735 g/mol. The second kappa shape index (κ2) is 14.0. The van der Waals surface area contributed by atoms with Crippen molar-refractivity contribution in [1.82, 2.24) is 18.6 Å². The molecule has 2 atom stereocenters. The third-order valence-electron chi connectivity index (χ3n) is 10.7. The molecule has 0 aliphatic carbocycles. The molecule has 3 heterocycles. The average molecular weight is 736 g/mol. The van der Waals surface area contributed by atoms with Crippen molar-refractivity contribution in [2.45, 2.75) is 25.3 Å². The number of aliphatic imine (C=N–C) groups is 1. The van der Waals surface area contributed by atoms with Crippen LogP contribution in [0, 0.1) is 0 Å². The first-order chi connectivity index (χ1) is 26.1. The van der Waals surface area contributed by atoms with Crippen molar-refractivity contribution >= 4 is 45.0 Å². The minimum atomic E-state index is -0.714. The van der Waals surface area contributed by atoms with E-state index in [0.29, 0.717) is 23.6 Å². The van der Waals surface area contributed by atoms with Crippen LogP contribution in [0.2, 0.25) is 5.02 Å². The number of halogens is 1. The molecule has 5 aromatic carbocycles. The van der Waals surface area contributed by atoms with E-state index in [-0.39, 0.29) is 35.3 Å². The summed E-state index contributed by atoms with van der Waals surface area (Å²) in [6, 6.07) is 38.5. The van der Waals surface area contributed by atoms with Crippen LogP contribution in [0.25, 0.3) is 27.5 Å². The molecule has 0 unspecified atom stereocenters. The number of rotatable bonds is 8. The molecule has 0 radical (unpaired) electrons. The maximum absolute atomic E-state index is 14.5. The molecule has 1 amide bonds. The van der Waals surface area contributed by atoms with E-state index in [1.807, 2.05) is 59.5 Å². The van der Waals surface area contributed by atoms with E-state index < -0.39 is 23.2 Å². The summed E-state index contributed by atoms with van der Waals surface area (Å²) in [5.74, 6) is -0.852. The predicted molar refractivity (Wildman–Crippen MR) is 215 cm³/mol. The number of carbonyl (C=O) groups is 1. The van der Waals surface area contributed by atoms with E-state index in [1.165, 1.54) is 13.1 Å². The third kappa shape index (κ3) is 5.90. The number of fused-ring (bicyclic) bond motifs is 4. The Balaban J connectivity index is 1.28. The van der Waals surface area contributed by atoms with Gasteiger partial charge in [-0.3, -0.25) is 19.1 Å². The fraction of sp³-hybridized carbons (Fsp3) is 0.182. The smallest absolute Gasteiger partial charge is 0.338 e. The Bertz CT molecular complexity index is 2750. The lowest BCUT2D eigenvalue weighted by molar-refractivity contribution is 0.0614. The van der Waals surface area contributed by atoms with Gasteiger partial charge in [0.25, 0.3) is 11.5 Å². The summed E-state index contributed by atoms with van der Waals surface area (Å²) in [6.45, 7) is 2.32. The molecule has 10 heteroatoms. The Morgan fingerprint density at radius 1 is 0.778 bits per heavy atom. The van der Waals surface area contributed by atoms with Gasteiger partial charge in [0.2, 0.25) is 5.88 Å². The maximum Gasteiger partial charge on any atom is 0.338 e. The number of hydrogen-bond donors (Lipinski definition) is 1. The number of benzene rings is 5.